The predicted octanol–water partition coefficient (Wildman–Crippen LogP) is 5.51. The smallest absolute Gasteiger partial charge is 0.318 e. The lowest BCUT2D eigenvalue weighted by Gasteiger charge is -2.26. The van der Waals surface area contributed by atoms with E-state index in [9.17, 15) is 4.79 Å². The highest BCUT2D eigenvalue weighted by molar-refractivity contribution is 7.12. The van der Waals surface area contributed by atoms with Crippen molar-refractivity contribution in [2.24, 2.45) is 5.92 Å². The van der Waals surface area contributed by atoms with Crippen LogP contribution in [0.25, 0.3) is 11.2 Å². The fraction of sp³-hybridized carbons (Fsp3) is 0.458. The molecule has 0 fully saturated rings. The van der Waals surface area contributed by atoms with Crippen LogP contribution in [0.1, 0.15) is 60.7 Å². The van der Waals surface area contributed by atoms with E-state index in [-0.39, 0.29) is 12.0 Å². The summed E-state index contributed by atoms with van der Waals surface area (Å²) in [5.74, 6) is 0.224. The summed E-state index contributed by atoms with van der Waals surface area (Å²) in [6, 6.07) is 6.46. The van der Waals surface area contributed by atoms with Gasteiger partial charge in [0.1, 0.15) is 10.9 Å². The molecule has 3 heterocycles. The normalized spacial score (nSPS) is 16.5. The summed E-state index contributed by atoms with van der Waals surface area (Å²) < 4.78 is 7.65. The maximum atomic E-state index is 12.9. The van der Waals surface area contributed by atoms with Crippen molar-refractivity contribution >= 4 is 28.5 Å². The first-order valence-electron chi connectivity index (χ1n) is 10.6. The standard InChI is InChI=1S/C24H29N3O2S/c1-6-29-23(28)24(11-7-8-12-24)19-10-9-18(30-19)21(15(2)3)27-14-25-20-16(4)13-17(5)26-22(20)27/h7-10,13-15,21H,6,11-12H2,1-5H3. The summed E-state index contributed by atoms with van der Waals surface area (Å²) in [6.07, 6.45) is 7.49. The zero-order valence-corrected chi connectivity index (χ0v) is 19.1. The first-order chi connectivity index (χ1) is 14.4. The molecule has 1 unspecified atom stereocenters. The average Bonchev–Trinajstić information content (AvgIpc) is 3.42. The largest absolute Gasteiger partial charge is 0.465 e. The third-order valence-electron chi connectivity index (χ3n) is 5.94. The van der Waals surface area contributed by atoms with E-state index in [2.05, 4.69) is 60.7 Å². The molecule has 0 radical (unpaired) electrons. The second-order valence-electron chi connectivity index (χ2n) is 8.48. The number of rotatable bonds is 6. The van der Waals surface area contributed by atoms with Gasteiger partial charge in [0.2, 0.25) is 0 Å². The summed E-state index contributed by atoms with van der Waals surface area (Å²) in [7, 11) is 0. The van der Waals surface area contributed by atoms with Crippen molar-refractivity contribution in [1.29, 1.82) is 0 Å². The van der Waals surface area contributed by atoms with Gasteiger partial charge in [0.05, 0.1) is 19.0 Å². The molecule has 0 amide bonds. The van der Waals surface area contributed by atoms with Crippen molar-refractivity contribution in [3.05, 3.63) is 57.7 Å². The minimum atomic E-state index is -0.580. The van der Waals surface area contributed by atoms with Crippen LogP contribution >= 0.6 is 11.3 Å². The summed E-state index contributed by atoms with van der Waals surface area (Å²) in [4.78, 5) is 24.6. The number of carbonyl (C=O) groups excluding carboxylic acids is 1. The SMILES string of the molecule is CCOC(=O)C1(c2ccc(C(C(C)C)n3cnc4c(C)cc(C)nc43)s2)CC=CC1. The fourth-order valence-corrected chi connectivity index (χ4v) is 5.95. The number of carbonyl (C=O) groups is 1. The maximum Gasteiger partial charge on any atom is 0.318 e. The summed E-state index contributed by atoms with van der Waals surface area (Å²) in [5.41, 5.74) is 3.43. The van der Waals surface area contributed by atoms with Crippen LogP contribution < -0.4 is 0 Å². The Kier molecular flexibility index (Phi) is 5.53. The molecule has 1 aliphatic rings. The minimum absolute atomic E-state index is 0.107. The van der Waals surface area contributed by atoms with Crippen LogP contribution in [0.15, 0.2) is 36.7 Å². The van der Waals surface area contributed by atoms with Gasteiger partial charge in [0, 0.05) is 15.4 Å². The van der Waals surface area contributed by atoms with Gasteiger partial charge in [0.15, 0.2) is 5.65 Å². The number of nitrogens with zero attached hydrogens (tertiary/aromatic N) is 3. The molecule has 0 aromatic carbocycles. The van der Waals surface area contributed by atoms with Crippen molar-refractivity contribution in [2.45, 2.75) is 58.9 Å². The van der Waals surface area contributed by atoms with Crippen molar-refractivity contribution < 1.29 is 9.53 Å². The highest BCUT2D eigenvalue weighted by Crippen LogP contribution is 2.44. The van der Waals surface area contributed by atoms with E-state index in [1.54, 1.807) is 11.3 Å². The number of ether oxygens (including phenoxy) is 1. The van der Waals surface area contributed by atoms with Gasteiger partial charge in [-0.1, -0.05) is 26.0 Å². The molecular formula is C24H29N3O2S. The van der Waals surface area contributed by atoms with Crippen molar-refractivity contribution in [2.75, 3.05) is 6.61 Å². The molecule has 30 heavy (non-hydrogen) atoms. The number of pyridine rings is 1. The maximum absolute atomic E-state index is 12.9. The third kappa shape index (κ3) is 3.37. The average molecular weight is 424 g/mol. The van der Waals surface area contributed by atoms with Gasteiger partial charge < -0.3 is 9.30 Å². The number of hydrogen-bond acceptors (Lipinski definition) is 5. The molecule has 1 atom stereocenters. The lowest BCUT2D eigenvalue weighted by molar-refractivity contribution is -0.149. The van der Waals surface area contributed by atoms with E-state index in [4.69, 9.17) is 9.72 Å². The number of esters is 1. The van der Waals surface area contributed by atoms with Crippen molar-refractivity contribution in [3.8, 4) is 0 Å². The van der Waals surface area contributed by atoms with E-state index in [1.165, 1.54) is 4.88 Å². The summed E-state index contributed by atoms with van der Waals surface area (Å²) in [5, 5.41) is 0. The first kappa shape index (κ1) is 20.8. The van der Waals surface area contributed by atoms with Crippen LogP contribution in [-0.2, 0) is 14.9 Å². The number of aryl methyl sites for hydroxylation is 2. The van der Waals surface area contributed by atoms with Gasteiger partial charge in [-0.15, -0.1) is 11.3 Å². The molecule has 0 aliphatic heterocycles. The van der Waals surface area contributed by atoms with Gasteiger partial charge in [-0.25, -0.2) is 9.97 Å². The molecule has 3 aromatic rings. The molecule has 6 heteroatoms. The number of thiophene rings is 1. The number of aromatic nitrogens is 3. The Morgan fingerprint density at radius 3 is 2.67 bits per heavy atom. The van der Waals surface area contributed by atoms with Crippen LogP contribution in [0.4, 0.5) is 0 Å². The molecule has 158 valence electrons. The summed E-state index contributed by atoms with van der Waals surface area (Å²) >= 11 is 1.72. The molecule has 0 N–H and O–H groups in total. The Morgan fingerprint density at radius 2 is 2.00 bits per heavy atom. The van der Waals surface area contributed by atoms with Gasteiger partial charge in [-0.3, -0.25) is 4.79 Å². The van der Waals surface area contributed by atoms with Crippen LogP contribution in [0, 0.1) is 19.8 Å². The second-order valence-corrected chi connectivity index (χ2v) is 9.59. The molecule has 3 aromatic heterocycles. The third-order valence-corrected chi connectivity index (χ3v) is 7.30. The van der Waals surface area contributed by atoms with E-state index >= 15 is 0 Å². The molecule has 0 spiro atoms. The Morgan fingerprint density at radius 1 is 1.27 bits per heavy atom. The molecule has 1 aliphatic carbocycles. The van der Waals surface area contributed by atoms with Gasteiger partial charge in [0.25, 0.3) is 0 Å². The predicted molar refractivity (Wildman–Crippen MR) is 121 cm³/mol. The first-order valence-corrected chi connectivity index (χ1v) is 11.4. The highest BCUT2D eigenvalue weighted by Gasteiger charge is 2.43. The monoisotopic (exact) mass is 423 g/mol. The Labute approximate surface area is 181 Å². The second kappa shape index (κ2) is 7.99. The fourth-order valence-electron chi connectivity index (χ4n) is 4.47. The van der Waals surface area contributed by atoms with Crippen molar-refractivity contribution in [1.82, 2.24) is 14.5 Å². The van der Waals surface area contributed by atoms with E-state index < -0.39 is 5.41 Å². The van der Waals surface area contributed by atoms with Crippen LogP contribution in [0.5, 0.6) is 0 Å². The van der Waals surface area contributed by atoms with E-state index in [0.29, 0.717) is 25.4 Å². The Balaban J connectivity index is 1.78. The molecular weight excluding hydrogens is 394 g/mol. The zero-order chi connectivity index (χ0) is 21.5. The summed E-state index contributed by atoms with van der Waals surface area (Å²) in [6.45, 7) is 10.8. The minimum Gasteiger partial charge on any atom is -0.465 e. The zero-order valence-electron chi connectivity index (χ0n) is 18.3. The number of hydrogen-bond donors (Lipinski definition) is 0. The van der Waals surface area contributed by atoms with Gasteiger partial charge >= 0.3 is 5.97 Å². The Bertz CT molecular complexity index is 1100. The van der Waals surface area contributed by atoms with E-state index in [0.717, 1.165) is 27.3 Å². The molecule has 4 rings (SSSR count). The topological polar surface area (TPSA) is 57.0 Å². The van der Waals surface area contributed by atoms with Crippen molar-refractivity contribution in [3.63, 3.8) is 0 Å². The number of fused-ring (bicyclic) bond motifs is 1. The number of imidazole rings is 1. The van der Waals surface area contributed by atoms with E-state index in [1.807, 2.05) is 20.2 Å². The highest BCUT2D eigenvalue weighted by atomic mass is 32.1. The molecule has 0 bridgehead atoms. The van der Waals surface area contributed by atoms with Gasteiger partial charge in [-0.05, 0) is 63.3 Å². The lowest BCUT2D eigenvalue weighted by atomic mass is 9.84. The van der Waals surface area contributed by atoms with Crippen LogP contribution in [-0.4, -0.2) is 27.1 Å². The van der Waals surface area contributed by atoms with Crippen LogP contribution in [0.3, 0.4) is 0 Å². The Hall–Kier alpha value is -2.47. The quantitative estimate of drug-likeness (QED) is 0.388. The molecule has 5 nitrogen and oxygen atoms in total. The van der Waals surface area contributed by atoms with Crippen LogP contribution in [0.2, 0.25) is 0 Å². The number of allylic oxidation sites excluding steroid dienone is 2. The lowest BCUT2D eigenvalue weighted by Crippen LogP contribution is -2.34. The van der Waals surface area contributed by atoms with Gasteiger partial charge in [-0.2, -0.15) is 0 Å². The molecule has 0 saturated heterocycles. The molecule has 0 saturated carbocycles.